The number of aliphatic hydroxyl groups excluding tert-OH is 1. The van der Waals surface area contributed by atoms with Gasteiger partial charge in [0.15, 0.2) is 5.96 Å². The van der Waals surface area contributed by atoms with Crippen LogP contribution in [0, 0.1) is 5.41 Å². The first-order valence-corrected chi connectivity index (χ1v) is 8.83. The lowest BCUT2D eigenvalue weighted by molar-refractivity contribution is 0.127. The maximum absolute atomic E-state index is 9.27. The topological polar surface area (TPSA) is 65.9 Å². The Hall–Kier alpha value is -0.820. The summed E-state index contributed by atoms with van der Waals surface area (Å²) >= 11 is 9.63. The fourth-order valence-electron chi connectivity index (χ4n) is 2.65. The lowest BCUT2D eigenvalue weighted by Crippen LogP contribution is -2.44. The van der Waals surface area contributed by atoms with Gasteiger partial charge < -0.3 is 20.5 Å². The molecule has 0 radical (unpaired) electrons. The first kappa shape index (κ1) is 18.5. The molecule has 0 aliphatic carbocycles. The summed E-state index contributed by atoms with van der Waals surface area (Å²) in [4.78, 5) is 4.24. The van der Waals surface area contributed by atoms with Crippen LogP contribution in [0.1, 0.15) is 18.4 Å². The Morgan fingerprint density at radius 2 is 2.30 bits per heavy atom. The summed E-state index contributed by atoms with van der Waals surface area (Å²) in [5.41, 5.74) is 0.994. The highest BCUT2D eigenvalue weighted by molar-refractivity contribution is 9.10. The minimum Gasteiger partial charge on any atom is -0.396 e. The smallest absolute Gasteiger partial charge is 0.191 e. The van der Waals surface area contributed by atoms with E-state index in [2.05, 4.69) is 31.6 Å². The van der Waals surface area contributed by atoms with Crippen LogP contribution in [-0.2, 0) is 11.3 Å². The van der Waals surface area contributed by atoms with Gasteiger partial charge in [-0.15, -0.1) is 0 Å². The van der Waals surface area contributed by atoms with Crippen LogP contribution in [0.15, 0.2) is 27.7 Å². The minimum atomic E-state index is -0.0123. The molecule has 2 rings (SSSR count). The van der Waals surface area contributed by atoms with Crippen LogP contribution in [-0.4, -0.2) is 44.5 Å². The van der Waals surface area contributed by atoms with E-state index in [4.69, 9.17) is 16.3 Å². The van der Waals surface area contributed by atoms with Crippen LogP contribution in [0.2, 0.25) is 5.02 Å². The summed E-state index contributed by atoms with van der Waals surface area (Å²) < 4.78 is 6.46. The molecule has 23 heavy (non-hydrogen) atoms. The molecule has 0 aromatic heterocycles. The number of aliphatic imine (C=N–C) groups is 1. The molecule has 0 bridgehead atoms. The molecule has 128 valence electrons. The lowest BCUT2D eigenvalue weighted by Gasteiger charge is -2.27. The van der Waals surface area contributed by atoms with Crippen molar-refractivity contribution in [2.24, 2.45) is 10.4 Å². The molecular weight excluding hydrogens is 382 g/mol. The van der Waals surface area contributed by atoms with Gasteiger partial charge in [0.25, 0.3) is 0 Å². The Morgan fingerprint density at radius 3 is 2.91 bits per heavy atom. The predicted octanol–water partition coefficient (Wildman–Crippen LogP) is 2.56. The second-order valence-corrected chi connectivity index (χ2v) is 7.11. The number of aliphatic hydroxyl groups is 1. The monoisotopic (exact) mass is 403 g/mol. The summed E-state index contributed by atoms with van der Waals surface area (Å²) in [5.74, 6) is 0.716. The Balaban J connectivity index is 1.88. The molecule has 5 nitrogen and oxygen atoms in total. The maximum atomic E-state index is 9.27. The van der Waals surface area contributed by atoms with Crippen molar-refractivity contribution in [2.45, 2.75) is 19.4 Å². The van der Waals surface area contributed by atoms with Crippen LogP contribution in [0.5, 0.6) is 0 Å². The zero-order valence-electron chi connectivity index (χ0n) is 13.2. The highest BCUT2D eigenvalue weighted by Crippen LogP contribution is 2.31. The molecule has 1 unspecified atom stereocenters. The van der Waals surface area contributed by atoms with Gasteiger partial charge in [-0.3, -0.25) is 4.99 Å². The van der Waals surface area contributed by atoms with Gasteiger partial charge in [0.2, 0.25) is 0 Å². The Morgan fingerprint density at radius 1 is 1.48 bits per heavy atom. The van der Waals surface area contributed by atoms with Crippen molar-refractivity contribution in [3.05, 3.63) is 33.3 Å². The van der Waals surface area contributed by atoms with Crippen LogP contribution in [0.4, 0.5) is 0 Å². The third-order valence-electron chi connectivity index (χ3n) is 4.14. The molecule has 1 atom stereocenters. The fourth-order valence-corrected chi connectivity index (χ4v) is 3.39. The van der Waals surface area contributed by atoms with Gasteiger partial charge in [0.05, 0.1) is 6.61 Å². The number of hydrogen-bond donors (Lipinski definition) is 3. The van der Waals surface area contributed by atoms with Gasteiger partial charge >= 0.3 is 0 Å². The molecule has 1 aliphatic rings. The van der Waals surface area contributed by atoms with Crippen LogP contribution in [0.25, 0.3) is 0 Å². The van der Waals surface area contributed by atoms with Gasteiger partial charge in [-0.05, 0) is 30.5 Å². The normalized spacial score (nSPS) is 21.5. The van der Waals surface area contributed by atoms with E-state index < -0.39 is 0 Å². The van der Waals surface area contributed by atoms with E-state index in [1.807, 2.05) is 18.2 Å². The van der Waals surface area contributed by atoms with Crippen molar-refractivity contribution < 1.29 is 9.84 Å². The van der Waals surface area contributed by atoms with E-state index in [-0.39, 0.29) is 12.0 Å². The highest BCUT2D eigenvalue weighted by Gasteiger charge is 2.34. The number of hydrogen-bond acceptors (Lipinski definition) is 3. The highest BCUT2D eigenvalue weighted by atomic mass is 79.9. The Kier molecular flexibility index (Phi) is 7.14. The number of nitrogens with zero attached hydrogens (tertiary/aromatic N) is 1. The van der Waals surface area contributed by atoms with Crippen molar-refractivity contribution in [3.63, 3.8) is 0 Å². The third kappa shape index (κ3) is 5.35. The first-order chi connectivity index (χ1) is 11.1. The number of guanidine groups is 1. The molecule has 1 fully saturated rings. The van der Waals surface area contributed by atoms with E-state index in [0.29, 0.717) is 24.1 Å². The van der Waals surface area contributed by atoms with E-state index >= 15 is 0 Å². The Labute approximate surface area is 150 Å². The Bertz CT molecular complexity index is 548. The summed E-state index contributed by atoms with van der Waals surface area (Å²) in [7, 11) is 1.74. The van der Waals surface area contributed by atoms with Crippen molar-refractivity contribution in [1.29, 1.82) is 0 Å². The van der Waals surface area contributed by atoms with Crippen molar-refractivity contribution in [1.82, 2.24) is 10.6 Å². The van der Waals surface area contributed by atoms with Crippen molar-refractivity contribution in [3.8, 4) is 0 Å². The summed E-state index contributed by atoms with van der Waals surface area (Å²) in [6.45, 7) is 2.92. The van der Waals surface area contributed by atoms with E-state index in [1.54, 1.807) is 7.05 Å². The molecule has 1 saturated heterocycles. The minimum absolute atomic E-state index is 0.0123. The van der Waals surface area contributed by atoms with Crippen LogP contribution in [0.3, 0.4) is 0 Å². The van der Waals surface area contributed by atoms with Crippen LogP contribution >= 0.6 is 27.5 Å². The number of rotatable bonds is 6. The van der Waals surface area contributed by atoms with Crippen LogP contribution < -0.4 is 10.6 Å². The largest absolute Gasteiger partial charge is 0.396 e. The van der Waals surface area contributed by atoms with Crippen molar-refractivity contribution >= 4 is 33.5 Å². The number of ether oxygens (including phenoxy) is 1. The summed E-state index contributed by atoms with van der Waals surface area (Å²) in [5, 5.41) is 16.6. The third-order valence-corrected chi connectivity index (χ3v) is 4.99. The molecule has 0 amide bonds. The SMILES string of the molecule is CN=C(NCc1ccc(Br)cc1Cl)NCC1(CCO)CCOC1. The average Bonchev–Trinajstić information content (AvgIpc) is 2.98. The van der Waals surface area contributed by atoms with Gasteiger partial charge in [-0.1, -0.05) is 33.6 Å². The molecule has 1 aliphatic heterocycles. The fraction of sp³-hybridized carbons (Fsp3) is 0.562. The number of halogens is 2. The number of benzene rings is 1. The molecule has 1 aromatic rings. The zero-order valence-corrected chi connectivity index (χ0v) is 15.6. The van der Waals surface area contributed by atoms with Gasteiger partial charge in [-0.25, -0.2) is 0 Å². The summed E-state index contributed by atoms with van der Waals surface area (Å²) in [6, 6.07) is 5.82. The number of nitrogens with one attached hydrogen (secondary N) is 2. The quantitative estimate of drug-likeness (QED) is 0.503. The second kappa shape index (κ2) is 8.87. The lowest BCUT2D eigenvalue weighted by atomic mass is 9.84. The van der Waals surface area contributed by atoms with Gasteiger partial charge in [0, 0.05) is 48.3 Å². The summed E-state index contributed by atoms with van der Waals surface area (Å²) in [6.07, 6.45) is 1.69. The predicted molar refractivity (Wildman–Crippen MR) is 96.9 cm³/mol. The molecule has 0 saturated carbocycles. The van der Waals surface area contributed by atoms with Crippen molar-refractivity contribution in [2.75, 3.05) is 33.4 Å². The van der Waals surface area contributed by atoms with E-state index in [0.717, 1.165) is 36.0 Å². The van der Waals surface area contributed by atoms with Gasteiger partial charge in [0.1, 0.15) is 0 Å². The second-order valence-electron chi connectivity index (χ2n) is 5.79. The first-order valence-electron chi connectivity index (χ1n) is 7.66. The van der Waals surface area contributed by atoms with E-state index in [1.165, 1.54) is 0 Å². The molecular formula is C16H23BrClN3O2. The molecule has 1 aromatic carbocycles. The maximum Gasteiger partial charge on any atom is 0.191 e. The van der Waals surface area contributed by atoms with Gasteiger partial charge in [-0.2, -0.15) is 0 Å². The molecule has 0 spiro atoms. The molecule has 7 heteroatoms. The average molecular weight is 405 g/mol. The molecule has 1 heterocycles. The standard InChI is InChI=1S/C16H23BrClN3O2/c1-19-15(20-9-12-2-3-13(17)8-14(12)18)21-10-16(4-6-22)5-7-23-11-16/h2-3,8,22H,4-7,9-11H2,1H3,(H2,19,20,21). The van der Waals surface area contributed by atoms with E-state index in [9.17, 15) is 5.11 Å². The zero-order chi connectivity index (χ0) is 16.7. The molecule has 3 N–H and O–H groups in total.